The number of benzene rings is 1. The van der Waals surface area contributed by atoms with Gasteiger partial charge in [0.1, 0.15) is 16.5 Å². The van der Waals surface area contributed by atoms with Crippen LogP contribution in [-0.4, -0.2) is 55.1 Å². The molecule has 0 bridgehead atoms. The molecule has 4 rings (SSSR count). The molecule has 0 saturated carbocycles. The zero-order valence-electron chi connectivity index (χ0n) is 17.8. The maximum Gasteiger partial charge on any atom is 0.211 e. The van der Waals surface area contributed by atoms with Gasteiger partial charge in [-0.1, -0.05) is 11.6 Å². The van der Waals surface area contributed by atoms with Crippen LogP contribution in [0.1, 0.15) is 22.7 Å². The smallest absolute Gasteiger partial charge is 0.211 e. The molecule has 0 N–H and O–H groups in total. The molecule has 0 atom stereocenters. The van der Waals surface area contributed by atoms with E-state index in [9.17, 15) is 8.42 Å². The van der Waals surface area contributed by atoms with E-state index in [4.69, 9.17) is 21.6 Å². The largest absolute Gasteiger partial charge is 0.355 e. The van der Waals surface area contributed by atoms with E-state index >= 15 is 0 Å². The quantitative estimate of drug-likeness (QED) is 0.476. The SMILES string of the molecule is Cc1sc2nc(CSc3ccc(Cl)cc3)nc(N3CCCN(S(C)(=O)=O)CC3)c2c1C. The third-order valence-corrected chi connectivity index (χ3v) is 9.13. The molecular weight excluding hydrogens is 472 g/mol. The third kappa shape index (κ3) is 5.17. The molecule has 0 radical (unpaired) electrons. The average Bonchev–Trinajstić information content (AvgIpc) is 2.89. The molecule has 0 amide bonds. The number of rotatable bonds is 5. The Morgan fingerprint density at radius 2 is 1.84 bits per heavy atom. The van der Waals surface area contributed by atoms with Gasteiger partial charge in [0.05, 0.1) is 17.4 Å². The van der Waals surface area contributed by atoms with Crippen LogP contribution in [-0.2, 0) is 15.8 Å². The summed E-state index contributed by atoms with van der Waals surface area (Å²) >= 11 is 9.36. The molecule has 3 aromatic rings. The van der Waals surface area contributed by atoms with Crippen molar-refractivity contribution in [2.75, 3.05) is 37.3 Å². The lowest BCUT2D eigenvalue weighted by atomic mass is 10.2. The summed E-state index contributed by atoms with van der Waals surface area (Å²) in [6.45, 7) is 6.64. The molecule has 10 heteroatoms. The van der Waals surface area contributed by atoms with Crippen LogP contribution < -0.4 is 4.90 Å². The van der Waals surface area contributed by atoms with Gasteiger partial charge in [-0.05, 0) is 50.1 Å². The number of hydrogen-bond acceptors (Lipinski definition) is 7. The Kier molecular flexibility index (Phi) is 6.79. The number of thioether (sulfide) groups is 1. The summed E-state index contributed by atoms with van der Waals surface area (Å²) < 4.78 is 25.6. The molecule has 1 aliphatic rings. The van der Waals surface area contributed by atoms with Crippen molar-refractivity contribution < 1.29 is 8.42 Å². The van der Waals surface area contributed by atoms with Crippen LogP contribution in [0.2, 0.25) is 5.02 Å². The fourth-order valence-electron chi connectivity index (χ4n) is 3.68. The lowest BCUT2D eigenvalue weighted by Crippen LogP contribution is -2.34. The van der Waals surface area contributed by atoms with Crippen LogP contribution in [0, 0.1) is 13.8 Å². The topological polar surface area (TPSA) is 66.4 Å². The highest BCUT2D eigenvalue weighted by molar-refractivity contribution is 7.98. The second-order valence-electron chi connectivity index (χ2n) is 7.67. The van der Waals surface area contributed by atoms with E-state index in [1.54, 1.807) is 27.4 Å². The predicted molar refractivity (Wildman–Crippen MR) is 131 cm³/mol. The molecule has 0 aliphatic carbocycles. The number of nitrogens with zero attached hydrogens (tertiary/aromatic N) is 4. The lowest BCUT2D eigenvalue weighted by molar-refractivity contribution is 0.437. The number of hydrogen-bond donors (Lipinski definition) is 0. The molecular formula is C21H25ClN4O2S3. The van der Waals surface area contributed by atoms with Gasteiger partial charge in [-0.25, -0.2) is 22.7 Å². The van der Waals surface area contributed by atoms with E-state index in [-0.39, 0.29) is 0 Å². The Balaban J connectivity index is 1.65. The number of halogens is 1. The van der Waals surface area contributed by atoms with Crippen molar-refractivity contribution in [3.63, 3.8) is 0 Å². The second-order valence-corrected chi connectivity index (χ2v) is 12.3. The summed E-state index contributed by atoms with van der Waals surface area (Å²) in [5.41, 5.74) is 1.20. The minimum atomic E-state index is -3.19. The zero-order chi connectivity index (χ0) is 22.2. The summed E-state index contributed by atoms with van der Waals surface area (Å²) in [5, 5.41) is 1.81. The first-order chi connectivity index (χ1) is 14.7. The number of anilines is 1. The maximum absolute atomic E-state index is 12.0. The minimum Gasteiger partial charge on any atom is -0.355 e. The average molecular weight is 497 g/mol. The molecule has 1 aliphatic heterocycles. The van der Waals surface area contributed by atoms with Crippen molar-refractivity contribution in [3.05, 3.63) is 45.6 Å². The van der Waals surface area contributed by atoms with Crippen LogP contribution in [0.3, 0.4) is 0 Å². The molecule has 6 nitrogen and oxygen atoms in total. The second kappa shape index (κ2) is 9.23. The summed E-state index contributed by atoms with van der Waals surface area (Å²) in [5.74, 6) is 2.37. The molecule has 1 fully saturated rings. The van der Waals surface area contributed by atoms with Crippen LogP contribution in [0.15, 0.2) is 29.2 Å². The standard InChI is InChI=1S/C21H25ClN4O2S3/c1-14-15(2)30-21-19(14)20(25-9-4-10-26(12-11-25)31(3,27)28)23-18(24-21)13-29-17-7-5-16(22)6-8-17/h5-8H,4,9-13H2,1-3H3. The van der Waals surface area contributed by atoms with E-state index in [2.05, 4.69) is 18.7 Å². The van der Waals surface area contributed by atoms with Gasteiger partial charge in [0, 0.05) is 41.0 Å². The summed E-state index contributed by atoms with van der Waals surface area (Å²) in [6, 6.07) is 7.77. The van der Waals surface area contributed by atoms with Crippen LogP contribution in [0.25, 0.3) is 10.2 Å². The van der Waals surface area contributed by atoms with Crippen molar-refractivity contribution >= 4 is 60.8 Å². The van der Waals surface area contributed by atoms with E-state index in [1.165, 1.54) is 16.7 Å². The number of thiophene rings is 1. The fraction of sp³-hybridized carbons (Fsp3) is 0.429. The molecule has 0 unspecified atom stereocenters. The Morgan fingerprint density at radius 1 is 1.10 bits per heavy atom. The van der Waals surface area contributed by atoms with E-state index in [0.717, 1.165) is 44.7 Å². The number of aromatic nitrogens is 2. The molecule has 1 saturated heterocycles. The van der Waals surface area contributed by atoms with Gasteiger partial charge in [-0.15, -0.1) is 23.1 Å². The number of aryl methyl sites for hydroxylation is 2. The van der Waals surface area contributed by atoms with Gasteiger partial charge in [0.25, 0.3) is 0 Å². The fourth-order valence-corrected chi connectivity index (χ4v) is 6.48. The third-order valence-electron chi connectivity index (χ3n) is 5.46. The highest BCUT2D eigenvalue weighted by atomic mass is 35.5. The van der Waals surface area contributed by atoms with Crippen molar-refractivity contribution in [1.29, 1.82) is 0 Å². The van der Waals surface area contributed by atoms with E-state index in [1.807, 2.05) is 24.3 Å². The summed E-state index contributed by atoms with van der Waals surface area (Å²) in [6.07, 6.45) is 2.06. The van der Waals surface area contributed by atoms with Gasteiger partial charge in [0.2, 0.25) is 10.0 Å². The Bertz CT molecular complexity index is 1200. The van der Waals surface area contributed by atoms with E-state index in [0.29, 0.717) is 25.4 Å². The Morgan fingerprint density at radius 3 is 2.55 bits per heavy atom. The first-order valence-electron chi connectivity index (χ1n) is 10.1. The number of sulfonamides is 1. The minimum absolute atomic E-state index is 0.474. The Hall–Kier alpha value is -1.39. The normalized spacial score (nSPS) is 16.1. The Labute approximate surface area is 196 Å². The van der Waals surface area contributed by atoms with Gasteiger partial charge >= 0.3 is 0 Å². The highest BCUT2D eigenvalue weighted by Crippen LogP contribution is 2.36. The van der Waals surface area contributed by atoms with Crippen molar-refractivity contribution in [2.24, 2.45) is 0 Å². The first-order valence-corrected chi connectivity index (χ1v) is 14.1. The predicted octanol–water partition coefficient (Wildman–Crippen LogP) is 4.73. The van der Waals surface area contributed by atoms with Gasteiger partial charge in [0.15, 0.2) is 0 Å². The monoisotopic (exact) mass is 496 g/mol. The molecule has 1 aromatic carbocycles. The molecule has 3 heterocycles. The van der Waals surface area contributed by atoms with E-state index < -0.39 is 10.0 Å². The first kappa shape index (κ1) is 22.8. The van der Waals surface area contributed by atoms with Gasteiger partial charge in [-0.3, -0.25) is 0 Å². The van der Waals surface area contributed by atoms with Crippen molar-refractivity contribution in [1.82, 2.24) is 14.3 Å². The van der Waals surface area contributed by atoms with Crippen LogP contribution in [0.5, 0.6) is 0 Å². The molecule has 166 valence electrons. The van der Waals surface area contributed by atoms with Crippen molar-refractivity contribution in [3.8, 4) is 0 Å². The number of fused-ring (bicyclic) bond motifs is 1. The summed E-state index contributed by atoms with van der Waals surface area (Å²) in [4.78, 5) is 15.4. The summed E-state index contributed by atoms with van der Waals surface area (Å²) in [7, 11) is -3.19. The lowest BCUT2D eigenvalue weighted by Gasteiger charge is -2.23. The van der Waals surface area contributed by atoms with Crippen molar-refractivity contribution in [2.45, 2.75) is 30.9 Å². The van der Waals surface area contributed by atoms with Crippen LogP contribution in [0.4, 0.5) is 5.82 Å². The molecule has 0 spiro atoms. The van der Waals surface area contributed by atoms with Crippen LogP contribution >= 0.6 is 34.7 Å². The zero-order valence-corrected chi connectivity index (χ0v) is 21.0. The molecule has 31 heavy (non-hydrogen) atoms. The molecule has 2 aromatic heterocycles. The van der Waals surface area contributed by atoms with Gasteiger partial charge < -0.3 is 4.90 Å². The highest BCUT2D eigenvalue weighted by Gasteiger charge is 2.25. The van der Waals surface area contributed by atoms with Gasteiger partial charge in [-0.2, -0.15) is 0 Å². The maximum atomic E-state index is 12.0.